The first-order valence-corrected chi connectivity index (χ1v) is 3.44. The fourth-order valence-electron chi connectivity index (χ4n) is 0.606. The van der Waals surface area contributed by atoms with Crippen LogP contribution in [0.4, 0.5) is 4.39 Å². The van der Waals surface area contributed by atoms with Crippen LogP contribution in [-0.4, -0.2) is 10.1 Å². The van der Waals surface area contributed by atoms with Crippen LogP contribution >= 0.6 is 15.9 Å². The topological polar surface area (TPSA) is 33.1 Å². The minimum absolute atomic E-state index is 0.169. The van der Waals surface area contributed by atoms with E-state index in [1.54, 1.807) is 6.07 Å². The molecule has 0 atom stereocenters. The average Bonchev–Trinajstić information content (AvgIpc) is 1.85. The molecular weight excluding hydrogens is 201 g/mol. The van der Waals surface area contributed by atoms with Gasteiger partial charge in [-0.05, 0) is 33.6 Å². The molecular formula is C6H5BrFNO. The summed E-state index contributed by atoms with van der Waals surface area (Å²) in [5.74, 6) is -0.585. The molecule has 0 aromatic carbocycles. The van der Waals surface area contributed by atoms with Gasteiger partial charge in [0.1, 0.15) is 4.60 Å². The van der Waals surface area contributed by atoms with Crippen molar-refractivity contribution < 1.29 is 9.50 Å². The summed E-state index contributed by atoms with van der Waals surface area (Å²) in [6, 6.07) is 2.74. The number of rotatable bonds is 1. The van der Waals surface area contributed by atoms with Crippen molar-refractivity contribution in [2.24, 2.45) is 0 Å². The van der Waals surface area contributed by atoms with E-state index in [9.17, 15) is 4.39 Å². The molecule has 0 fully saturated rings. The van der Waals surface area contributed by atoms with Crippen LogP contribution in [0.5, 0.6) is 0 Å². The number of aliphatic hydroxyl groups excluding tert-OH is 1. The molecule has 0 unspecified atom stereocenters. The first-order chi connectivity index (χ1) is 4.72. The van der Waals surface area contributed by atoms with Crippen LogP contribution in [0.2, 0.25) is 0 Å². The van der Waals surface area contributed by atoms with E-state index in [1.807, 2.05) is 0 Å². The summed E-state index contributed by atoms with van der Waals surface area (Å²) in [5.41, 5.74) is 0.513. The lowest BCUT2D eigenvalue weighted by Crippen LogP contribution is -1.88. The number of pyridine rings is 1. The Kier molecular flexibility index (Phi) is 2.34. The van der Waals surface area contributed by atoms with E-state index in [0.29, 0.717) is 10.2 Å². The van der Waals surface area contributed by atoms with Gasteiger partial charge in [-0.2, -0.15) is 4.39 Å². The monoisotopic (exact) mass is 205 g/mol. The van der Waals surface area contributed by atoms with Crippen molar-refractivity contribution in [3.05, 3.63) is 28.2 Å². The Bertz CT molecular complexity index is 221. The van der Waals surface area contributed by atoms with Gasteiger partial charge in [0.2, 0.25) is 5.95 Å². The highest BCUT2D eigenvalue weighted by Gasteiger charge is 1.97. The fourth-order valence-corrected chi connectivity index (χ4v) is 1.07. The van der Waals surface area contributed by atoms with Gasteiger partial charge >= 0.3 is 0 Å². The zero-order valence-electron chi connectivity index (χ0n) is 5.01. The number of aliphatic hydroxyl groups is 1. The molecule has 0 saturated heterocycles. The van der Waals surface area contributed by atoms with Gasteiger partial charge in [0.25, 0.3) is 0 Å². The lowest BCUT2D eigenvalue weighted by Gasteiger charge is -1.95. The molecule has 0 spiro atoms. The Morgan fingerprint density at radius 1 is 1.60 bits per heavy atom. The molecule has 1 aromatic rings. The smallest absolute Gasteiger partial charge is 0.214 e. The summed E-state index contributed by atoms with van der Waals surface area (Å²) in [6.07, 6.45) is 0. The maximum Gasteiger partial charge on any atom is 0.214 e. The van der Waals surface area contributed by atoms with Gasteiger partial charge in [-0.1, -0.05) is 0 Å². The van der Waals surface area contributed by atoms with Crippen LogP contribution in [0.15, 0.2) is 16.7 Å². The second-order valence-corrected chi connectivity index (χ2v) is 2.59. The van der Waals surface area contributed by atoms with Crippen LogP contribution in [0.25, 0.3) is 0 Å². The highest BCUT2D eigenvalue weighted by Crippen LogP contribution is 2.10. The SMILES string of the molecule is OCc1cc(F)nc(Br)c1. The first kappa shape index (κ1) is 7.63. The van der Waals surface area contributed by atoms with Crippen molar-refractivity contribution in [3.63, 3.8) is 0 Å². The van der Waals surface area contributed by atoms with Gasteiger partial charge < -0.3 is 5.11 Å². The van der Waals surface area contributed by atoms with E-state index in [0.717, 1.165) is 0 Å². The summed E-state index contributed by atoms with van der Waals surface area (Å²) in [4.78, 5) is 3.42. The summed E-state index contributed by atoms with van der Waals surface area (Å²) < 4.78 is 12.8. The number of halogens is 2. The molecule has 1 N–H and O–H groups in total. The summed E-state index contributed by atoms with van der Waals surface area (Å²) >= 11 is 2.99. The number of aromatic nitrogens is 1. The predicted octanol–water partition coefficient (Wildman–Crippen LogP) is 1.48. The Morgan fingerprint density at radius 2 is 2.30 bits per heavy atom. The van der Waals surface area contributed by atoms with E-state index in [1.165, 1.54) is 6.07 Å². The Balaban J connectivity index is 3.06. The minimum atomic E-state index is -0.585. The zero-order valence-corrected chi connectivity index (χ0v) is 6.60. The fraction of sp³-hybridized carbons (Fsp3) is 0.167. The standard InChI is InChI=1S/C6H5BrFNO/c7-5-1-4(3-10)2-6(8)9-5/h1-2,10H,3H2. The predicted molar refractivity (Wildman–Crippen MR) is 37.8 cm³/mol. The second kappa shape index (κ2) is 3.07. The Labute approximate surface area is 65.8 Å². The summed E-state index contributed by atoms with van der Waals surface area (Å²) in [5, 5.41) is 8.57. The molecule has 0 saturated carbocycles. The summed E-state index contributed by atoms with van der Waals surface area (Å²) in [7, 11) is 0. The Morgan fingerprint density at radius 3 is 2.80 bits per heavy atom. The van der Waals surface area contributed by atoms with Gasteiger partial charge in [-0.15, -0.1) is 0 Å². The number of nitrogens with zero attached hydrogens (tertiary/aromatic N) is 1. The molecule has 0 bridgehead atoms. The van der Waals surface area contributed by atoms with Crippen molar-refractivity contribution in [2.75, 3.05) is 0 Å². The third kappa shape index (κ3) is 1.75. The molecule has 4 heteroatoms. The van der Waals surface area contributed by atoms with Gasteiger partial charge in [0, 0.05) is 0 Å². The van der Waals surface area contributed by atoms with E-state index in [2.05, 4.69) is 20.9 Å². The highest BCUT2D eigenvalue weighted by atomic mass is 79.9. The van der Waals surface area contributed by atoms with Crippen LogP contribution in [0.3, 0.4) is 0 Å². The van der Waals surface area contributed by atoms with Gasteiger partial charge in [-0.25, -0.2) is 4.98 Å². The number of hydrogen-bond acceptors (Lipinski definition) is 2. The largest absolute Gasteiger partial charge is 0.392 e. The molecule has 10 heavy (non-hydrogen) atoms. The zero-order chi connectivity index (χ0) is 7.56. The molecule has 0 aliphatic rings. The molecule has 1 heterocycles. The van der Waals surface area contributed by atoms with E-state index < -0.39 is 5.95 Å². The van der Waals surface area contributed by atoms with Crippen LogP contribution in [-0.2, 0) is 6.61 Å². The third-order valence-electron chi connectivity index (χ3n) is 1.01. The van der Waals surface area contributed by atoms with Crippen molar-refractivity contribution >= 4 is 15.9 Å². The Hall–Kier alpha value is -0.480. The van der Waals surface area contributed by atoms with Gasteiger partial charge in [0.05, 0.1) is 6.61 Å². The second-order valence-electron chi connectivity index (χ2n) is 1.78. The maximum absolute atomic E-state index is 12.4. The molecule has 0 amide bonds. The molecule has 0 aliphatic heterocycles. The quantitative estimate of drug-likeness (QED) is 0.705. The van der Waals surface area contributed by atoms with E-state index in [-0.39, 0.29) is 6.61 Å². The van der Waals surface area contributed by atoms with Crippen molar-refractivity contribution in [2.45, 2.75) is 6.61 Å². The molecule has 54 valence electrons. The lowest BCUT2D eigenvalue weighted by molar-refractivity contribution is 0.280. The average molecular weight is 206 g/mol. The molecule has 0 aliphatic carbocycles. The van der Waals surface area contributed by atoms with Crippen LogP contribution in [0, 0.1) is 5.95 Å². The molecule has 1 aromatic heterocycles. The minimum Gasteiger partial charge on any atom is -0.392 e. The van der Waals surface area contributed by atoms with Crippen molar-refractivity contribution in [1.82, 2.24) is 4.98 Å². The number of hydrogen-bond donors (Lipinski definition) is 1. The highest BCUT2D eigenvalue weighted by molar-refractivity contribution is 9.10. The van der Waals surface area contributed by atoms with Crippen LogP contribution < -0.4 is 0 Å². The van der Waals surface area contributed by atoms with Gasteiger partial charge in [0.15, 0.2) is 0 Å². The first-order valence-electron chi connectivity index (χ1n) is 2.65. The lowest BCUT2D eigenvalue weighted by atomic mass is 10.3. The molecule has 2 nitrogen and oxygen atoms in total. The normalized spacial score (nSPS) is 9.90. The van der Waals surface area contributed by atoms with E-state index in [4.69, 9.17) is 5.11 Å². The van der Waals surface area contributed by atoms with Crippen molar-refractivity contribution in [1.29, 1.82) is 0 Å². The van der Waals surface area contributed by atoms with Crippen LogP contribution in [0.1, 0.15) is 5.56 Å². The van der Waals surface area contributed by atoms with Gasteiger partial charge in [-0.3, -0.25) is 0 Å². The van der Waals surface area contributed by atoms with E-state index >= 15 is 0 Å². The maximum atomic E-state index is 12.4. The molecule has 0 radical (unpaired) electrons. The molecule has 1 rings (SSSR count). The summed E-state index contributed by atoms with van der Waals surface area (Å²) in [6.45, 7) is -0.169. The van der Waals surface area contributed by atoms with Crippen molar-refractivity contribution in [3.8, 4) is 0 Å². The third-order valence-corrected chi connectivity index (χ3v) is 1.41.